The molecule has 0 atom stereocenters. The quantitative estimate of drug-likeness (QED) is 0.847. The minimum absolute atomic E-state index is 0.0468. The number of aryl methyl sites for hydroxylation is 3. The Bertz CT molecular complexity index is 550. The van der Waals surface area contributed by atoms with Crippen molar-refractivity contribution in [3.05, 3.63) is 64.7 Å². The van der Waals surface area contributed by atoms with Crippen LogP contribution in [0.15, 0.2) is 42.5 Å². The van der Waals surface area contributed by atoms with E-state index in [0.717, 1.165) is 22.4 Å². The van der Waals surface area contributed by atoms with Crippen LogP contribution in [0.4, 0.5) is 5.69 Å². The number of hydrogen-bond acceptors (Lipinski definition) is 1. The standard InChI is InChI=1S/C16H17NO/c1-11-7-9-14(10-8-11)17-16(18)15-12(2)5-4-6-13(15)3/h4-10H,1-3H3,(H,17,18). The Morgan fingerprint density at radius 3 is 2.00 bits per heavy atom. The van der Waals surface area contributed by atoms with Gasteiger partial charge in [0, 0.05) is 11.3 Å². The van der Waals surface area contributed by atoms with Crippen molar-refractivity contribution >= 4 is 11.6 Å². The summed E-state index contributed by atoms with van der Waals surface area (Å²) < 4.78 is 0. The average molecular weight is 239 g/mol. The summed E-state index contributed by atoms with van der Waals surface area (Å²) in [6, 6.07) is 13.7. The van der Waals surface area contributed by atoms with Crippen molar-refractivity contribution in [2.75, 3.05) is 5.32 Å². The maximum atomic E-state index is 12.2. The molecule has 2 aromatic rings. The molecule has 0 unspecified atom stereocenters. The Kier molecular flexibility index (Phi) is 3.47. The molecule has 1 N–H and O–H groups in total. The number of rotatable bonds is 2. The third-order valence-electron chi connectivity index (χ3n) is 3.02. The normalized spacial score (nSPS) is 10.2. The highest BCUT2D eigenvalue weighted by Gasteiger charge is 2.11. The Hall–Kier alpha value is -2.09. The van der Waals surface area contributed by atoms with Gasteiger partial charge in [-0.1, -0.05) is 35.9 Å². The van der Waals surface area contributed by atoms with Gasteiger partial charge in [0.25, 0.3) is 5.91 Å². The Labute approximate surface area is 108 Å². The number of carbonyl (C=O) groups excluding carboxylic acids is 1. The van der Waals surface area contributed by atoms with E-state index in [-0.39, 0.29) is 5.91 Å². The molecule has 2 aromatic carbocycles. The maximum absolute atomic E-state index is 12.2. The van der Waals surface area contributed by atoms with Gasteiger partial charge in [-0.2, -0.15) is 0 Å². The number of amides is 1. The third-order valence-corrected chi connectivity index (χ3v) is 3.02. The monoisotopic (exact) mass is 239 g/mol. The lowest BCUT2D eigenvalue weighted by Crippen LogP contribution is -2.14. The van der Waals surface area contributed by atoms with Gasteiger partial charge in [0.2, 0.25) is 0 Å². The van der Waals surface area contributed by atoms with Gasteiger partial charge < -0.3 is 5.32 Å². The molecule has 0 heterocycles. The smallest absolute Gasteiger partial charge is 0.256 e. The van der Waals surface area contributed by atoms with Crippen LogP contribution < -0.4 is 5.32 Å². The zero-order chi connectivity index (χ0) is 13.1. The lowest BCUT2D eigenvalue weighted by molar-refractivity contribution is 0.102. The minimum Gasteiger partial charge on any atom is -0.322 e. The molecule has 0 aromatic heterocycles. The van der Waals surface area contributed by atoms with Gasteiger partial charge in [0.05, 0.1) is 0 Å². The van der Waals surface area contributed by atoms with Crippen molar-refractivity contribution in [1.29, 1.82) is 0 Å². The van der Waals surface area contributed by atoms with Crippen LogP contribution in [-0.2, 0) is 0 Å². The summed E-state index contributed by atoms with van der Waals surface area (Å²) in [5, 5.41) is 2.93. The summed E-state index contributed by atoms with van der Waals surface area (Å²) >= 11 is 0. The Morgan fingerprint density at radius 1 is 0.889 bits per heavy atom. The van der Waals surface area contributed by atoms with Crippen LogP contribution in [0.5, 0.6) is 0 Å². The molecular formula is C16H17NO. The summed E-state index contributed by atoms with van der Waals surface area (Å²) in [4.78, 5) is 12.2. The van der Waals surface area contributed by atoms with Crippen LogP contribution in [0.25, 0.3) is 0 Å². The fourth-order valence-electron chi connectivity index (χ4n) is 2.00. The van der Waals surface area contributed by atoms with Crippen LogP contribution in [0.1, 0.15) is 27.0 Å². The van der Waals surface area contributed by atoms with Gasteiger partial charge in [0.15, 0.2) is 0 Å². The molecule has 18 heavy (non-hydrogen) atoms. The maximum Gasteiger partial charge on any atom is 0.256 e. The molecule has 0 aliphatic carbocycles. The lowest BCUT2D eigenvalue weighted by atomic mass is 10.0. The van der Waals surface area contributed by atoms with Gasteiger partial charge in [-0.25, -0.2) is 0 Å². The van der Waals surface area contributed by atoms with E-state index < -0.39 is 0 Å². The predicted octanol–water partition coefficient (Wildman–Crippen LogP) is 3.86. The molecule has 0 fully saturated rings. The fourth-order valence-corrected chi connectivity index (χ4v) is 2.00. The first kappa shape index (κ1) is 12.4. The zero-order valence-electron chi connectivity index (χ0n) is 10.9. The van der Waals surface area contributed by atoms with E-state index in [4.69, 9.17) is 0 Å². The van der Waals surface area contributed by atoms with Crippen molar-refractivity contribution in [2.45, 2.75) is 20.8 Å². The van der Waals surface area contributed by atoms with Crippen LogP contribution in [0, 0.1) is 20.8 Å². The topological polar surface area (TPSA) is 29.1 Å². The van der Waals surface area contributed by atoms with Crippen LogP contribution >= 0.6 is 0 Å². The molecule has 1 amide bonds. The van der Waals surface area contributed by atoms with E-state index in [1.54, 1.807) is 0 Å². The van der Waals surface area contributed by atoms with Crippen LogP contribution in [0.3, 0.4) is 0 Å². The number of anilines is 1. The lowest BCUT2D eigenvalue weighted by Gasteiger charge is -2.10. The van der Waals surface area contributed by atoms with Crippen LogP contribution in [-0.4, -0.2) is 5.91 Å². The van der Waals surface area contributed by atoms with Crippen molar-refractivity contribution in [3.63, 3.8) is 0 Å². The molecule has 0 saturated heterocycles. The predicted molar refractivity (Wildman–Crippen MR) is 75.0 cm³/mol. The molecule has 0 radical (unpaired) electrons. The molecule has 92 valence electrons. The zero-order valence-corrected chi connectivity index (χ0v) is 10.9. The Morgan fingerprint density at radius 2 is 1.44 bits per heavy atom. The summed E-state index contributed by atoms with van der Waals surface area (Å²) in [5.74, 6) is -0.0468. The van der Waals surface area contributed by atoms with Gasteiger partial charge in [-0.15, -0.1) is 0 Å². The summed E-state index contributed by atoms with van der Waals surface area (Å²) in [5.41, 5.74) is 4.77. The van der Waals surface area contributed by atoms with Crippen molar-refractivity contribution < 1.29 is 4.79 Å². The van der Waals surface area contributed by atoms with Crippen molar-refractivity contribution in [3.8, 4) is 0 Å². The first-order valence-corrected chi connectivity index (χ1v) is 6.02. The average Bonchev–Trinajstić information content (AvgIpc) is 2.32. The van der Waals surface area contributed by atoms with Crippen molar-refractivity contribution in [1.82, 2.24) is 0 Å². The molecule has 2 heteroatoms. The van der Waals surface area contributed by atoms with E-state index >= 15 is 0 Å². The third kappa shape index (κ3) is 2.59. The highest BCUT2D eigenvalue weighted by Crippen LogP contribution is 2.16. The van der Waals surface area contributed by atoms with E-state index in [9.17, 15) is 4.79 Å². The molecule has 0 saturated carbocycles. The van der Waals surface area contributed by atoms with E-state index in [0.29, 0.717) is 0 Å². The van der Waals surface area contributed by atoms with Gasteiger partial charge in [-0.3, -0.25) is 4.79 Å². The van der Waals surface area contributed by atoms with Gasteiger partial charge >= 0.3 is 0 Å². The van der Waals surface area contributed by atoms with E-state index in [1.165, 1.54) is 5.56 Å². The summed E-state index contributed by atoms with van der Waals surface area (Å²) in [6.45, 7) is 5.94. The second kappa shape index (κ2) is 5.05. The number of carbonyl (C=O) groups is 1. The van der Waals surface area contributed by atoms with Gasteiger partial charge in [0.1, 0.15) is 0 Å². The number of benzene rings is 2. The molecule has 0 bridgehead atoms. The highest BCUT2D eigenvalue weighted by molar-refractivity contribution is 6.06. The summed E-state index contributed by atoms with van der Waals surface area (Å²) in [7, 11) is 0. The van der Waals surface area contributed by atoms with Crippen LogP contribution in [0.2, 0.25) is 0 Å². The SMILES string of the molecule is Cc1ccc(NC(=O)c2c(C)cccc2C)cc1. The molecule has 0 aliphatic rings. The molecule has 2 nitrogen and oxygen atoms in total. The molecule has 2 rings (SSSR count). The van der Waals surface area contributed by atoms with Crippen molar-refractivity contribution in [2.24, 2.45) is 0 Å². The fraction of sp³-hybridized carbons (Fsp3) is 0.188. The van der Waals surface area contributed by atoms with E-state index in [2.05, 4.69) is 5.32 Å². The second-order valence-corrected chi connectivity index (χ2v) is 4.59. The molecular weight excluding hydrogens is 222 g/mol. The second-order valence-electron chi connectivity index (χ2n) is 4.59. The van der Waals surface area contributed by atoms with E-state index in [1.807, 2.05) is 63.2 Å². The highest BCUT2D eigenvalue weighted by atomic mass is 16.1. The first-order chi connectivity index (χ1) is 8.58. The first-order valence-electron chi connectivity index (χ1n) is 6.02. The minimum atomic E-state index is -0.0468. The number of nitrogens with one attached hydrogen (secondary N) is 1. The van der Waals surface area contributed by atoms with Gasteiger partial charge in [-0.05, 0) is 44.0 Å². The summed E-state index contributed by atoms with van der Waals surface area (Å²) in [6.07, 6.45) is 0. The molecule has 0 aliphatic heterocycles. The largest absolute Gasteiger partial charge is 0.322 e. The number of hydrogen-bond donors (Lipinski definition) is 1. The Balaban J connectivity index is 2.25. The molecule has 0 spiro atoms.